The molecule has 9 nitrogen and oxygen atoms in total. The van der Waals surface area contributed by atoms with Crippen molar-refractivity contribution in [3.8, 4) is 5.75 Å². The van der Waals surface area contributed by atoms with E-state index in [1.165, 1.54) is 31.2 Å². The fourth-order valence-corrected chi connectivity index (χ4v) is 2.63. The third-order valence-electron chi connectivity index (χ3n) is 3.90. The normalized spacial score (nSPS) is 24.6. The number of hydrogen-bond donors (Lipinski definition) is 3. The van der Waals surface area contributed by atoms with E-state index in [0.717, 1.165) is 0 Å². The lowest BCUT2D eigenvalue weighted by atomic mass is 10.1. The molecule has 0 aliphatic carbocycles. The Morgan fingerprint density at radius 2 is 2.00 bits per heavy atom. The van der Waals surface area contributed by atoms with Gasteiger partial charge in [-0.3, -0.25) is 9.88 Å². The van der Waals surface area contributed by atoms with Gasteiger partial charge in [0.15, 0.2) is 17.9 Å². The highest BCUT2D eigenvalue weighted by molar-refractivity contribution is 6.30. The number of nitrogens with one attached hydrogen (secondary N) is 1. The molecule has 0 bridgehead atoms. The van der Waals surface area contributed by atoms with Crippen LogP contribution in [0, 0.1) is 5.82 Å². The number of rotatable bonds is 3. The quantitative estimate of drug-likeness (QED) is 0.710. The molecule has 11 heteroatoms. The average molecular weight is 400 g/mol. The highest BCUT2D eigenvalue weighted by atomic mass is 35.5. The molecule has 3 rings (SSSR count). The number of hydrogen-bond acceptors (Lipinski definition) is 7. The van der Waals surface area contributed by atoms with Crippen molar-refractivity contribution in [3.05, 3.63) is 51.8 Å². The van der Waals surface area contributed by atoms with Crippen LogP contribution in [0.15, 0.2) is 35.3 Å². The number of anilines is 1. The molecule has 1 aromatic carbocycles. The van der Waals surface area contributed by atoms with Gasteiger partial charge < -0.3 is 19.7 Å². The van der Waals surface area contributed by atoms with Crippen LogP contribution < -0.4 is 15.7 Å². The van der Waals surface area contributed by atoms with Crippen molar-refractivity contribution in [3.63, 3.8) is 0 Å². The second kappa shape index (κ2) is 7.61. The Morgan fingerprint density at radius 1 is 1.33 bits per heavy atom. The predicted octanol–water partition coefficient (Wildman–Crippen LogP) is 1.29. The molecule has 1 aliphatic rings. The largest absolute Gasteiger partial charge is 0.418 e. The van der Waals surface area contributed by atoms with Crippen LogP contribution in [-0.4, -0.2) is 44.2 Å². The summed E-state index contributed by atoms with van der Waals surface area (Å²) in [5.74, 6) is -1.57. The Bertz CT molecular complexity index is 906. The van der Waals surface area contributed by atoms with Crippen molar-refractivity contribution >= 4 is 23.5 Å². The van der Waals surface area contributed by atoms with E-state index in [1.54, 1.807) is 0 Å². The molecule has 27 heavy (non-hydrogen) atoms. The first-order valence-corrected chi connectivity index (χ1v) is 8.18. The molecule has 1 fully saturated rings. The first-order valence-electron chi connectivity index (χ1n) is 7.81. The van der Waals surface area contributed by atoms with Crippen molar-refractivity contribution in [2.45, 2.75) is 31.5 Å². The maximum atomic E-state index is 14.2. The number of carbonyl (C=O) groups is 1. The number of aliphatic hydroxyl groups is 2. The van der Waals surface area contributed by atoms with Gasteiger partial charge in [0.25, 0.3) is 0 Å². The Kier molecular flexibility index (Phi) is 5.42. The molecule has 1 aromatic heterocycles. The number of halogens is 2. The Morgan fingerprint density at radius 3 is 2.59 bits per heavy atom. The molecule has 4 atom stereocenters. The SMILES string of the molecule is C[C@H]1O[C@@H](n2cc(F)c(NC(=O)Oc3ccc(Cl)cc3)nc2=O)[C@H](O)[C@@H]1O. The van der Waals surface area contributed by atoms with Gasteiger partial charge >= 0.3 is 11.8 Å². The number of ether oxygens (including phenoxy) is 2. The Balaban J connectivity index is 1.76. The second-order valence-electron chi connectivity index (χ2n) is 5.81. The molecule has 1 saturated heterocycles. The summed E-state index contributed by atoms with van der Waals surface area (Å²) < 4.78 is 25.1. The number of aliphatic hydroxyl groups excluding tert-OH is 2. The van der Waals surface area contributed by atoms with Gasteiger partial charge in [0, 0.05) is 5.02 Å². The van der Waals surface area contributed by atoms with E-state index in [0.29, 0.717) is 15.8 Å². The fourth-order valence-electron chi connectivity index (χ4n) is 2.50. The molecular weight excluding hydrogens is 385 g/mol. The van der Waals surface area contributed by atoms with E-state index >= 15 is 0 Å². The van der Waals surface area contributed by atoms with Crippen molar-refractivity contribution in [1.29, 1.82) is 0 Å². The first kappa shape index (κ1) is 19.2. The third-order valence-corrected chi connectivity index (χ3v) is 4.15. The molecule has 0 spiro atoms. The van der Waals surface area contributed by atoms with Gasteiger partial charge in [-0.25, -0.2) is 14.0 Å². The average Bonchev–Trinajstić information content (AvgIpc) is 2.87. The lowest BCUT2D eigenvalue weighted by molar-refractivity contribution is -0.0355. The van der Waals surface area contributed by atoms with Crippen molar-refractivity contribution in [2.75, 3.05) is 5.32 Å². The maximum absolute atomic E-state index is 14.2. The lowest BCUT2D eigenvalue weighted by Crippen LogP contribution is -2.36. The van der Waals surface area contributed by atoms with E-state index in [2.05, 4.69) is 4.98 Å². The molecule has 0 saturated carbocycles. The van der Waals surface area contributed by atoms with Crippen LogP contribution in [0.3, 0.4) is 0 Å². The zero-order valence-electron chi connectivity index (χ0n) is 13.9. The van der Waals surface area contributed by atoms with Crippen LogP contribution >= 0.6 is 11.6 Å². The molecule has 2 heterocycles. The van der Waals surface area contributed by atoms with Gasteiger partial charge in [-0.1, -0.05) is 11.6 Å². The minimum Gasteiger partial charge on any atom is -0.410 e. The molecule has 2 aromatic rings. The second-order valence-corrected chi connectivity index (χ2v) is 6.25. The van der Waals surface area contributed by atoms with E-state index < -0.39 is 48.0 Å². The summed E-state index contributed by atoms with van der Waals surface area (Å²) >= 11 is 5.72. The van der Waals surface area contributed by atoms with Crippen LogP contribution in [0.2, 0.25) is 5.02 Å². The minimum atomic E-state index is -1.44. The summed E-state index contributed by atoms with van der Waals surface area (Å²) in [6.07, 6.45) is -5.09. The van der Waals surface area contributed by atoms with Gasteiger partial charge in [0.2, 0.25) is 0 Å². The van der Waals surface area contributed by atoms with Gasteiger partial charge in [-0.05, 0) is 31.2 Å². The number of amides is 1. The topological polar surface area (TPSA) is 123 Å². The number of benzene rings is 1. The van der Waals surface area contributed by atoms with Crippen LogP contribution in [0.1, 0.15) is 13.2 Å². The monoisotopic (exact) mass is 399 g/mol. The van der Waals surface area contributed by atoms with Gasteiger partial charge in [-0.15, -0.1) is 0 Å². The zero-order valence-corrected chi connectivity index (χ0v) is 14.6. The molecule has 144 valence electrons. The molecule has 0 unspecified atom stereocenters. The predicted molar refractivity (Wildman–Crippen MR) is 91.2 cm³/mol. The molecule has 1 amide bonds. The summed E-state index contributed by atoms with van der Waals surface area (Å²) in [5.41, 5.74) is -0.997. The summed E-state index contributed by atoms with van der Waals surface area (Å²) in [4.78, 5) is 27.4. The molecule has 0 radical (unpaired) electrons. The molecule has 3 N–H and O–H groups in total. The van der Waals surface area contributed by atoms with E-state index in [1.807, 2.05) is 5.32 Å². The van der Waals surface area contributed by atoms with E-state index in [-0.39, 0.29) is 5.75 Å². The zero-order chi connectivity index (χ0) is 19.7. The van der Waals surface area contributed by atoms with Gasteiger partial charge in [-0.2, -0.15) is 4.98 Å². The number of aromatic nitrogens is 2. The Hall–Kier alpha value is -2.53. The van der Waals surface area contributed by atoms with Crippen LogP contribution in [0.4, 0.5) is 15.0 Å². The lowest BCUT2D eigenvalue weighted by Gasteiger charge is -2.17. The maximum Gasteiger partial charge on any atom is 0.418 e. The Labute approximate surface area is 156 Å². The highest BCUT2D eigenvalue weighted by Crippen LogP contribution is 2.28. The fraction of sp³-hybridized carbons (Fsp3) is 0.312. The number of carbonyl (C=O) groups excluding carboxylic acids is 1. The summed E-state index contributed by atoms with van der Waals surface area (Å²) in [6.45, 7) is 1.49. The summed E-state index contributed by atoms with van der Waals surface area (Å²) in [5, 5.41) is 22.1. The van der Waals surface area contributed by atoms with Crippen LogP contribution in [-0.2, 0) is 4.74 Å². The van der Waals surface area contributed by atoms with Crippen molar-refractivity contribution < 1.29 is 28.9 Å². The van der Waals surface area contributed by atoms with Crippen molar-refractivity contribution in [2.24, 2.45) is 0 Å². The van der Waals surface area contributed by atoms with Crippen molar-refractivity contribution in [1.82, 2.24) is 9.55 Å². The van der Waals surface area contributed by atoms with E-state index in [9.17, 15) is 24.2 Å². The highest BCUT2D eigenvalue weighted by Gasteiger charge is 2.42. The van der Waals surface area contributed by atoms with Crippen LogP contribution in [0.5, 0.6) is 5.75 Å². The minimum absolute atomic E-state index is 0.149. The standard InChI is InChI=1S/C16H15ClFN3O6/c1-7-11(22)12(23)14(26-7)21-6-10(18)13(19-15(21)24)20-16(25)27-9-4-2-8(17)3-5-9/h2-7,11-12,14,22-23H,1H3,(H,19,20,24,25)/t7-,11-,12-,14-/m1/s1. The summed E-state index contributed by atoms with van der Waals surface area (Å²) in [6, 6.07) is 5.84. The van der Waals surface area contributed by atoms with Crippen LogP contribution in [0.25, 0.3) is 0 Å². The summed E-state index contributed by atoms with van der Waals surface area (Å²) in [7, 11) is 0. The van der Waals surface area contributed by atoms with Gasteiger partial charge in [0.05, 0.1) is 12.3 Å². The van der Waals surface area contributed by atoms with E-state index in [4.69, 9.17) is 21.1 Å². The first-order chi connectivity index (χ1) is 12.8. The molecule has 1 aliphatic heterocycles. The van der Waals surface area contributed by atoms with Gasteiger partial charge in [0.1, 0.15) is 18.0 Å². The smallest absolute Gasteiger partial charge is 0.410 e. The third kappa shape index (κ3) is 4.08. The molecular formula is C16H15ClFN3O6. The number of nitrogens with zero attached hydrogens (tertiary/aromatic N) is 2.